The smallest absolute Gasteiger partial charge is 0.387 e. The zero-order valence-corrected chi connectivity index (χ0v) is 15.1. The first-order valence-corrected chi connectivity index (χ1v) is 7.91. The van der Waals surface area contributed by atoms with Crippen molar-refractivity contribution in [3.8, 4) is 17.1 Å². The average Bonchev–Trinajstić information content (AvgIpc) is 2.84. The summed E-state index contributed by atoms with van der Waals surface area (Å²) in [5.41, 5.74) is 1.43. The number of aromatic nitrogens is 3. The molecule has 24 heavy (non-hydrogen) atoms. The summed E-state index contributed by atoms with van der Waals surface area (Å²) in [6.45, 7) is 1.41. The van der Waals surface area contributed by atoms with Crippen molar-refractivity contribution in [1.29, 1.82) is 0 Å². The zero-order chi connectivity index (χ0) is 18.3. The minimum Gasteiger partial charge on any atom is -0.432 e. The van der Waals surface area contributed by atoms with Gasteiger partial charge in [0.05, 0.1) is 10.7 Å². The Morgan fingerprint density at radius 1 is 1.42 bits per heavy atom. The Hall–Kier alpha value is -1.83. The van der Waals surface area contributed by atoms with Gasteiger partial charge in [0.1, 0.15) is 11.4 Å². The number of hydrogen-bond donors (Lipinski definition) is 0. The fourth-order valence-corrected chi connectivity index (χ4v) is 2.62. The van der Waals surface area contributed by atoms with E-state index in [0.29, 0.717) is 33.8 Å². The lowest BCUT2D eigenvalue weighted by Crippen LogP contribution is -2.07. The van der Waals surface area contributed by atoms with E-state index in [1.54, 1.807) is 4.68 Å². The molecule has 2 heterocycles. The summed E-state index contributed by atoms with van der Waals surface area (Å²) < 4.78 is 31.9. The fourth-order valence-electron chi connectivity index (χ4n) is 1.95. The van der Waals surface area contributed by atoms with E-state index < -0.39 is 6.61 Å². The van der Waals surface area contributed by atoms with Crippen molar-refractivity contribution in [2.24, 2.45) is 0 Å². The van der Waals surface area contributed by atoms with E-state index in [4.69, 9.17) is 21.2 Å². The molecule has 0 N–H and O–H groups in total. The number of pyridine rings is 1. The van der Waals surface area contributed by atoms with Gasteiger partial charge in [-0.3, -0.25) is 4.68 Å². The minimum atomic E-state index is -2.94. The Morgan fingerprint density at radius 2 is 2.04 bits per heavy atom. The number of halogens is 4. The summed E-state index contributed by atoms with van der Waals surface area (Å²) in [5.74, 6) is -0.0430. The lowest BCUT2D eigenvalue weighted by Gasteiger charge is -2.11. The Labute approximate surface area is 149 Å². The predicted molar refractivity (Wildman–Crippen MR) is 84.9 cm³/mol. The molecule has 0 radical (unpaired) electrons. The van der Waals surface area contributed by atoms with Crippen molar-refractivity contribution in [3.05, 3.63) is 27.5 Å². The lowest BCUT2D eigenvalue weighted by molar-refractivity contribution is -0.191. The molecule has 2 aromatic rings. The first-order chi connectivity index (χ1) is 11.4. The third-order valence-corrected chi connectivity index (χ3v) is 3.69. The van der Waals surface area contributed by atoms with Crippen LogP contribution in [0, 0.1) is 0 Å². The molecule has 0 bridgehead atoms. The van der Waals surface area contributed by atoms with Crippen LogP contribution >= 0.6 is 27.5 Å². The number of carbonyl (C=O) groups excluding carboxylic acids is 2. The van der Waals surface area contributed by atoms with Crippen LogP contribution in [0.5, 0.6) is 5.75 Å². The van der Waals surface area contributed by atoms with Crippen LogP contribution in [0.4, 0.5) is 8.78 Å². The van der Waals surface area contributed by atoms with Crippen LogP contribution in [0.3, 0.4) is 0 Å². The van der Waals surface area contributed by atoms with Crippen molar-refractivity contribution in [1.82, 2.24) is 14.8 Å². The predicted octanol–water partition coefficient (Wildman–Crippen LogP) is 3.96. The summed E-state index contributed by atoms with van der Waals surface area (Å²) in [6, 6.07) is 1.43. The highest BCUT2D eigenvalue weighted by Crippen LogP contribution is 2.37. The molecule has 6 nitrogen and oxygen atoms in total. The highest BCUT2D eigenvalue weighted by Gasteiger charge is 2.22. The van der Waals surface area contributed by atoms with Crippen molar-refractivity contribution in [2.45, 2.75) is 33.4 Å². The Bertz CT molecular complexity index is 734. The third-order valence-electron chi connectivity index (χ3n) is 2.85. The highest BCUT2D eigenvalue weighted by molar-refractivity contribution is 9.10. The number of rotatable bonds is 5. The van der Waals surface area contributed by atoms with Gasteiger partial charge in [0.25, 0.3) is 0 Å². The second-order valence-electron chi connectivity index (χ2n) is 4.24. The zero-order valence-electron chi connectivity index (χ0n) is 12.7. The van der Waals surface area contributed by atoms with E-state index in [9.17, 15) is 8.78 Å². The molecule has 0 amide bonds. The third kappa shape index (κ3) is 4.83. The molecule has 0 aliphatic heterocycles. The van der Waals surface area contributed by atoms with Crippen LogP contribution in [0.15, 0.2) is 16.7 Å². The summed E-state index contributed by atoms with van der Waals surface area (Å²) in [5, 5.41) is 4.77. The molecule has 0 spiro atoms. The van der Waals surface area contributed by atoms with Crippen molar-refractivity contribution in [3.63, 3.8) is 0 Å². The van der Waals surface area contributed by atoms with Gasteiger partial charge >= 0.3 is 12.8 Å². The molecule has 0 aliphatic rings. The summed E-state index contributed by atoms with van der Waals surface area (Å²) in [7, 11) is 0. The van der Waals surface area contributed by atoms with Crippen LogP contribution in [0.1, 0.15) is 19.5 Å². The topological polar surface area (TPSA) is 74.1 Å². The van der Waals surface area contributed by atoms with E-state index in [0.717, 1.165) is 0 Å². The quantitative estimate of drug-likeness (QED) is 0.726. The van der Waals surface area contributed by atoms with Gasteiger partial charge in [-0.05, 0) is 35.3 Å². The molecular weight excluding hydrogens is 412 g/mol. The first-order valence-electron chi connectivity index (χ1n) is 6.74. The molecule has 2 rings (SSSR count). The number of aryl methyl sites for hydroxylation is 2. The largest absolute Gasteiger partial charge is 0.432 e. The molecule has 0 aromatic carbocycles. The molecule has 0 aliphatic carbocycles. The van der Waals surface area contributed by atoms with Crippen molar-refractivity contribution >= 4 is 33.7 Å². The van der Waals surface area contributed by atoms with E-state index in [-0.39, 0.29) is 17.6 Å². The Balaban J connectivity index is 0.000000891. The molecule has 0 fully saturated rings. The van der Waals surface area contributed by atoms with Gasteiger partial charge in [0, 0.05) is 17.2 Å². The van der Waals surface area contributed by atoms with Crippen LogP contribution < -0.4 is 4.74 Å². The summed E-state index contributed by atoms with van der Waals surface area (Å²) in [6.07, 6.45) is 2.39. The molecule has 10 heteroatoms. The van der Waals surface area contributed by atoms with Crippen molar-refractivity contribution < 1.29 is 23.1 Å². The second kappa shape index (κ2) is 9.46. The minimum absolute atomic E-state index is 0.0430. The molecule has 0 unspecified atom stereocenters. The van der Waals surface area contributed by atoms with Gasteiger partial charge in [-0.1, -0.05) is 18.5 Å². The van der Waals surface area contributed by atoms with Crippen LogP contribution in [0.2, 0.25) is 5.02 Å². The van der Waals surface area contributed by atoms with Gasteiger partial charge in [-0.15, -0.1) is 0 Å². The van der Waals surface area contributed by atoms with E-state index >= 15 is 0 Å². The number of hydrogen-bond acceptors (Lipinski definition) is 5. The van der Waals surface area contributed by atoms with Gasteiger partial charge in [-0.25, -0.2) is 4.98 Å². The molecule has 130 valence electrons. The maximum Gasteiger partial charge on any atom is 0.387 e. The van der Waals surface area contributed by atoms with Gasteiger partial charge in [0.15, 0.2) is 5.75 Å². The van der Waals surface area contributed by atoms with Gasteiger partial charge in [-0.2, -0.15) is 23.5 Å². The maximum atomic E-state index is 12.6. The first kappa shape index (κ1) is 20.2. The summed E-state index contributed by atoms with van der Waals surface area (Å²) in [4.78, 5) is 20.4. The SMILES string of the molecule is CCc1nn(CC)c(-c2ncc(Br)cc2OC(F)F)c1Cl.O=C=O. The highest BCUT2D eigenvalue weighted by atomic mass is 79.9. The van der Waals surface area contributed by atoms with Crippen LogP contribution in [0.25, 0.3) is 11.4 Å². The number of ether oxygens (including phenoxy) is 1. The van der Waals surface area contributed by atoms with Gasteiger partial charge in [0.2, 0.25) is 0 Å². The monoisotopic (exact) mass is 423 g/mol. The number of alkyl halides is 2. The maximum absolute atomic E-state index is 12.6. The molecule has 0 atom stereocenters. The van der Waals surface area contributed by atoms with Crippen LogP contribution in [-0.2, 0) is 22.6 Å². The van der Waals surface area contributed by atoms with Gasteiger partial charge < -0.3 is 4.74 Å². The van der Waals surface area contributed by atoms with E-state index in [2.05, 4.69) is 30.7 Å². The molecule has 0 saturated heterocycles. The lowest BCUT2D eigenvalue weighted by atomic mass is 10.2. The second-order valence-corrected chi connectivity index (χ2v) is 5.53. The standard InChI is InChI=1S/C13H13BrClF2N3O.CO2/c1-3-8-10(15)12(20(4-2)19-8)11-9(21-13(16)17)5-7(14)6-18-11;2-1-3/h5-6,13H,3-4H2,1-2H3;. The van der Waals surface area contributed by atoms with E-state index in [1.165, 1.54) is 12.3 Å². The molecule has 0 saturated carbocycles. The summed E-state index contributed by atoms with van der Waals surface area (Å²) >= 11 is 9.50. The molecule has 2 aromatic heterocycles. The molecular formula is C14H13BrClF2N3O3. The van der Waals surface area contributed by atoms with Crippen molar-refractivity contribution in [2.75, 3.05) is 0 Å². The average molecular weight is 425 g/mol. The fraction of sp³-hybridized carbons (Fsp3) is 0.357. The van der Waals surface area contributed by atoms with E-state index in [1.807, 2.05) is 13.8 Å². The Morgan fingerprint density at radius 3 is 2.54 bits per heavy atom. The normalized spacial score (nSPS) is 10.1. The number of nitrogens with zero attached hydrogens (tertiary/aromatic N) is 3. The Kier molecular flexibility index (Phi) is 7.97. The van der Waals surface area contributed by atoms with Crippen LogP contribution in [-0.4, -0.2) is 27.5 Å².